The van der Waals surface area contributed by atoms with E-state index in [0.717, 1.165) is 23.1 Å². The Kier molecular flexibility index (Phi) is 13.7. The zero-order valence-corrected chi connectivity index (χ0v) is 30.5. The number of hydrogen-bond donors (Lipinski definition) is 1. The first-order valence-corrected chi connectivity index (χ1v) is 17.9. The quantitative estimate of drug-likeness (QED) is 0.0528. The molecule has 2 atom stereocenters. The molecular weight excluding hydrogens is 633 g/mol. The van der Waals surface area contributed by atoms with E-state index in [1.165, 1.54) is 0 Å². The van der Waals surface area contributed by atoms with E-state index in [-0.39, 0.29) is 40.0 Å². The molecule has 0 aliphatic carbocycles. The Hall–Kier alpha value is -3.90. The van der Waals surface area contributed by atoms with Gasteiger partial charge in [-0.2, -0.15) is 5.26 Å². The highest BCUT2D eigenvalue weighted by Crippen LogP contribution is 2.56. The van der Waals surface area contributed by atoms with Crippen molar-refractivity contribution in [3.63, 3.8) is 0 Å². The van der Waals surface area contributed by atoms with Gasteiger partial charge < -0.3 is 23.9 Å². The summed E-state index contributed by atoms with van der Waals surface area (Å²) in [6.07, 6.45) is 6.47. The number of hydrogen-bond acceptors (Lipinski definition) is 7. The molecule has 1 amide bonds. The summed E-state index contributed by atoms with van der Waals surface area (Å²) in [5.41, 5.74) is 0.141. The first kappa shape index (κ1) is 37.9. The molecule has 0 fully saturated rings. The highest BCUT2D eigenvalue weighted by Gasteiger charge is 2.70. The fourth-order valence-electron chi connectivity index (χ4n) is 7.37. The van der Waals surface area contributed by atoms with Crippen molar-refractivity contribution in [2.75, 3.05) is 33.5 Å². The van der Waals surface area contributed by atoms with Gasteiger partial charge in [0.1, 0.15) is 12.0 Å². The standard InChI is InChI=1S/C39H50N5O4P/c1-31(2)44(32(3)4)37(28-40,29-48-49-26-16-23-42-36(45)27-43-25-24-41-30-43)39(46-5,47-6)38(33-17-10-7-11-18-33,34-19-12-8-13-20-34)35-21-14-9-15-22-35/h7-15,17-22,24-25,30-32,49H,16,23,26-27,29H2,1-6H3,(H,42,45). The maximum absolute atomic E-state index is 12.3. The predicted molar refractivity (Wildman–Crippen MR) is 195 cm³/mol. The van der Waals surface area contributed by atoms with E-state index in [1.54, 1.807) is 37.5 Å². The summed E-state index contributed by atoms with van der Waals surface area (Å²) < 4.78 is 21.9. The Balaban J connectivity index is 1.80. The van der Waals surface area contributed by atoms with Gasteiger partial charge >= 0.3 is 0 Å². The van der Waals surface area contributed by atoms with Crippen molar-refractivity contribution in [3.05, 3.63) is 126 Å². The summed E-state index contributed by atoms with van der Waals surface area (Å²) in [6, 6.07) is 33.1. The van der Waals surface area contributed by atoms with Gasteiger partial charge in [0.05, 0.1) is 19.0 Å². The summed E-state index contributed by atoms with van der Waals surface area (Å²) in [6.45, 7) is 9.13. The molecule has 3 aromatic carbocycles. The number of rotatable bonds is 19. The van der Waals surface area contributed by atoms with Crippen molar-refractivity contribution >= 4 is 14.7 Å². The number of carbonyl (C=O) groups excluding carboxylic acids is 1. The van der Waals surface area contributed by atoms with Crippen molar-refractivity contribution in [3.8, 4) is 6.07 Å². The molecule has 2 unspecified atom stereocenters. The van der Waals surface area contributed by atoms with Gasteiger partial charge in [0, 0.05) is 54.0 Å². The number of aromatic nitrogens is 2. The van der Waals surface area contributed by atoms with Gasteiger partial charge in [0.25, 0.3) is 0 Å². The Bertz CT molecular complexity index is 1490. The van der Waals surface area contributed by atoms with E-state index in [4.69, 9.17) is 14.0 Å². The van der Waals surface area contributed by atoms with E-state index in [1.807, 2.05) is 54.6 Å². The normalized spacial score (nSPS) is 13.6. The SMILES string of the molecule is COC(OC)(C(c1ccccc1)(c1ccccc1)c1ccccc1)C(C#N)(COPCCCNC(=O)Cn1ccnc1)N(C(C)C)C(C)C. The number of nitrogens with zero attached hydrogens (tertiary/aromatic N) is 4. The number of benzene rings is 3. The molecule has 0 spiro atoms. The van der Waals surface area contributed by atoms with E-state index in [9.17, 15) is 10.1 Å². The zero-order valence-electron chi connectivity index (χ0n) is 29.5. The summed E-state index contributed by atoms with van der Waals surface area (Å²) in [4.78, 5) is 18.5. The van der Waals surface area contributed by atoms with E-state index >= 15 is 0 Å². The average Bonchev–Trinajstić information content (AvgIpc) is 3.63. The first-order valence-electron chi connectivity index (χ1n) is 16.8. The number of nitriles is 1. The number of methoxy groups -OCH3 is 2. The topological polar surface area (TPSA) is 102 Å². The number of amides is 1. The third-order valence-corrected chi connectivity index (χ3v) is 9.92. The maximum atomic E-state index is 12.3. The molecule has 0 saturated carbocycles. The van der Waals surface area contributed by atoms with Crippen LogP contribution < -0.4 is 5.32 Å². The Morgan fingerprint density at radius 2 is 1.41 bits per heavy atom. The minimum atomic E-state index is -1.64. The second kappa shape index (κ2) is 17.7. The molecule has 0 aliphatic rings. The Morgan fingerprint density at radius 3 is 1.82 bits per heavy atom. The van der Waals surface area contributed by atoms with Crippen LogP contribution in [0.2, 0.25) is 0 Å². The average molecular weight is 684 g/mol. The van der Waals surface area contributed by atoms with E-state index in [2.05, 4.69) is 85.4 Å². The van der Waals surface area contributed by atoms with Crippen LogP contribution in [0.3, 0.4) is 0 Å². The van der Waals surface area contributed by atoms with Crippen LogP contribution in [0.4, 0.5) is 0 Å². The number of imidazole rings is 1. The lowest BCUT2D eigenvalue weighted by Crippen LogP contribution is -2.77. The molecule has 1 aromatic heterocycles. The lowest BCUT2D eigenvalue weighted by atomic mass is 9.58. The van der Waals surface area contributed by atoms with Crippen molar-refractivity contribution in [2.45, 2.75) is 69.5 Å². The van der Waals surface area contributed by atoms with Crippen LogP contribution in [-0.4, -0.2) is 77.3 Å². The lowest BCUT2D eigenvalue weighted by Gasteiger charge is -2.60. The van der Waals surface area contributed by atoms with Crippen LogP contribution >= 0.6 is 8.81 Å². The molecule has 9 nitrogen and oxygen atoms in total. The second-order valence-electron chi connectivity index (χ2n) is 12.6. The third kappa shape index (κ3) is 7.65. The molecule has 0 bridgehead atoms. The van der Waals surface area contributed by atoms with Gasteiger partial charge in [-0.25, -0.2) is 4.98 Å². The first-order chi connectivity index (χ1) is 23.7. The minimum Gasteiger partial charge on any atom is -0.359 e. The molecule has 0 aliphatic heterocycles. The molecule has 4 aromatic rings. The Morgan fingerprint density at radius 1 is 0.898 bits per heavy atom. The molecule has 4 rings (SSSR count). The monoisotopic (exact) mass is 683 g/mol. The predicted octanol–water partition coefficient (Wildman–Crippen LogP) is 6.40. The van der Waals surface area contributed by atoms with E-state index < -0.39 is 16.7 Å². The van der Waals surface area contributed by atoms with Gasteiger partial charge in [0.2, 0.25) is 11.7 Å². The smallest absolute Gasteiger partial charge is 0.239 e. The third-order valence-electron chi connectivity index (χ3n) is 9.02. The fraction of sp³-hybridized carbons (Fsp3) is 0.410. The number of nitrogens with one attached hydrogen (secondary N) is 1. The fourth-order valence-corrected chi connectivity index (χ4v) is 8.15. The summed E-state index contributed by atoms with van der Waals surface area (Å²) in [5, 5.41) is 14.6. The highest BCUT2D eigenvalue weighted by molar-refractivity contribution is 7.32. The van der Waals surface area contributed by atoms with Crippen molar-refractivity contribution in [1.82, 2.24) is 19.8 Å². The molecule has 0 radical (unpaired) electrons. The molecule has 1 heterocycles. The number of ether oxygens (including phenoxy) is 2. The second-order valence-corrected chi connectivity index (χ2v) is 13.6. The molecular formula is C39H50N5O4P. The molecule has 49 heavy (non-hydrogen) atoms. The van der Waals surface area contributed by atoms with Crippen molar-refractivity contribution in [2.24, 2.45) is 0 Å². The highest BCUT2D eigenvalue weighted by atomic mass is 31.1. The molecule has 0 saturated heterocycles. The summed E-state index contributed by atoms with van der Waals surface area (Å²) in [7, 11) is 3.34. The van der Waals surface area contributed by atoms with Crippen LogP contribution in [-0.2, 0) is 30.8 Å². The summed E-state index contributed by atoms with van der Waals surface area (Å²) in [5.74, 6) is -1.71. The van der Waals surface area contributed by atoms with Crippen molar-refractivity contribution < 1.29 is 18.8 Å². The van der Waals surface area contributed by atoms with Gasteiger partial charge in [0.15, 0.2) is 5.54 Å². The molecule has 1 N–H and O–H groups in total. The molecule has 10 heteroatoms. The zero-order chi connectivity index (χ0) is 35.3. The summed E-state index contributed by atoms with van der Waals surface area (Å²) >= 11 is 0. The Labute approximate surface area is 293 Å². The van der Waals surface area contributed by atoms with Gasteiger partial charge in [-0.3, -0.25) is 9.69 Å². The largest absolute Gasteiger partial charge is 0.359 e. The minimum absolute atomic E-state index is 0.0151. The molecule has 260 valence electrons. The van der Waals surface area contributed by atoms with Crippen LogP contribution in [0, 0.1) is 11.3 Å². The van der Waals surface area contributed by atoms with Crippen LogP contribution in [0.15, 0.2) is 110 Å². The number of carbonyl (C=O) groups is 1. The van der Waals surface area contributed by atoms with Gasteiger partial charge in [-0.1, -0.05) is 91.0 Å². The van der Waals surface area contributed by atoms with Gasteiger partial charge in [-0.15, -0.1) is 0 Å². The van der Waals surface area contributed by atoms with Crippen LogP contribution in [0.25, 0.3) is 0 Å². The lowest BCUT2D eigenvalue weighted by molar-refractivity contribution is -0.300. The van der Waals surface area contributed by atoms with Crippen LogP contribution in [0.5, 0.6) is 0 Å². The van der Waals surface area contributed by atoms with E-state index in [0.29, 0.717) is 12.7 Å². The van der Waals surface area contributed by atoms with Gasteiger partial charge in [-0.05, 0) is 57.0 Å². The maximum Gasteiger partial charge on any atom is 0.239 e. The van der Waals surface area contributed by atoms with Crippen LogP contribution in [0.1, 0.15) is 50.8 Å². The van der Waals surface area contributed by atoms with Crippen molar-refractivity contribution in [1.29, 1.82) is 5.26 Å².